The van der Waals surface area contributed by atoms with Crippen LogP contribution in [0.4, 0.5) is 0 Å². The normalized spacial score (nSPS) is 12.0. The van der Waals surface area contributed by atoms with Crippen LogP contribution < -0.4 is 0 Å². The average molecular weight is 669 g/mol. The Labute approximate surface area is 274 Å². The van der Waals surface area contributed by atoms with Gasteiger partial charge in [-0.05, 0) is 53.8 Å². The molecule has 1 aliphatic carbocycles. The maximum absolute atomic E-state index is 12.5. The predicted octanol–water partition coefficient (Wildman–Crippen LogP) is 5.14. The quantitative estimate of drug-likeness (QED) is 0.147. The van der Waals surface area contributed by atoms with Gasteiger partial charge >= 0.3 is 35.8 Å². The molecule has 8 N–H and O–H groups in total. The number of aliphatic hydroxyl groups excluding tert-OH is 2. The van der Waals surface area contributed by atoms with Gasteiger partial charge in [-0.1, -0.05) is 62.8 Å². The number of hydrogen-bond acceptors (Lipinski definition) is 8. The lowest BCUT2D eigenvalue weighted by Crippen LogP contribution is -2.18. The molecule has 1 aliphatic rings. The zero-order valence-electron chi connectivity index (χ0n) is 26.1. The van der Waals surface area contributed by atoms with Gasteiger partial charge in [0, 0.05) is 5.56 Å². The number of aliphatic hydroxyl groups is 2. The fraction of sp³-hybridized carbons (Fsp3) is 0.294. The van der Waals surface area contributed by atoms with Crippen LogP contribution in [0.2, 0.25) is 0 Å². The number of aromatic carboxylic acids is 6. The Morgan fingerprint density at radius 2 is 0.792 bits per heavy atom. The standard InChI is InChI=1S/C26H18O12.C6H12.C2H6O2/c1-9-10(2)16(23(31)32)20(26(37)38)19(12-6-4-8-14(22(29)30)18(12)25(35)36)15(9)11-5-3-7-13(21(27)28)17(11)24(33)34;1-2-4-6-5-3-1;3-1-2-4/h3-8H,1-2H3,(H,27,28)(H,29,30)(H,31,32)(H,33,34)(H,35,36)(H,37,38);1-6H2;3-4H,1-2H2. The fourth-order valence-electron chi connectivity index (χ4n) is 5.49. The van der Waals surface area contributed by atoms with E-state index >= 15 is 0 Å². The van der Waals surface area contributed by atoms with Crippen LogP contribution in [0.1, 0.15) is 112 Å². The number of carboxylic acid groups (broad SMARTS) is 6. The summed E-state index contributed by atoms with van der Waals surface area (Å²) >= 11 is 0. The first-order valence-corrected chi connectivity index (χ1v) is 14.7. The number of benzene rings is 3. The maximum Gasteiger partial charge on any atom is 0.337 e. The van der Waals surface area contributed by atoms with E-state index in [1.807, 2.05) is 0 Å². The summed E-state index contributed by atoms with van der Waals surface area (Å²) in [5.41, 5.74) is -6.59. The van der Waals surface area contributed by atoms with Crippen molar-refractivity contribution in [2.45, 2.75) is 52.4 Å². The molecule has 0 heterocycles. The minimum absolute atomic E-state index is 0.00417. The highest BCUT2D eigenvalue weighted by molar-refractivity contribution is 6.17. The summed E-state index contributed by atoms with van der Waals surface area (Å²) in [7, 11) is 0. The molecule has 0 aromatic heterocycles. The Morgan fingerprint density at radius 1 is 0.458 bits per heavy atom. The molecule has 0 bridgehead atoms. The summed E-state index contributed by atoms with van der Waals surface area (Å²) in [5, 5.41) is 74.3. The zero-order valence-corrected chi connectivity index (χ0v) is 26.1. The van der Waals surface area contributed by atoms with Gasteiger partial charge in [-0.15, -0.1) is 0 Å². The fourth-order valence-corrected chi connectivity index (χ4v) is 5.49. The molecule has 14 heteroatoms. The van der Waals surface area contributed by atoms with Gasteiger partial charge in [-0.3, -0.25) is 0 Å². The number of carbonyl (C=O) groups is 6. The summed E-state index contributed by atoms with van der Waals surface area (Å²) in [5.74, 6) is -10.3. The first-order chi connectivity index (χ1) is 22.6. The molecule has 1 fully saturated rings. The summed E-state index contributed by atoms with van der Waals surface area (Å²) in [6, 6.07) is 6.46. The van der Waals surface area contributed by atoms with Crippen LogP contribution in [-0.2, 0) is 0 Å². The molecule has 1 saturated carbocycles. The molecule has 0 atom stereocenters. The Bertz CT molecular complexity index is 1720. The van der Waals surface area contributed by atoms with Crippen LogP contribution in [0.25, 0.3) is 22.3 Å². The van der Waals surface area contributed by atoms with Crippen molar-refractivity contribution in [3.8, 4) is 22.3 Å². The largest absolute Gasteiger partial charge is 0.478 e. The summed E-state index contributed by atoms with van der Waals surface area (Å²) in [4.78, 5) is 72.8. The first kappa shape index (κ1) is 38.6. The van der Waals surface area contributed by atoms with Gasteiger partial charge in [0.05, 0.1) is 46.6 Å². The van der Waals surface area contributed by atoms with Crippen molar-refractivity contribution in [2.24, 2.45) is 0 Å². The first-order valence-electron chi connectivity index (χ1n) is 14.7. The molecule has 0 amide bonds. The molecule has 14 nitrogen and oxygen atoms in total. The van der Waals surface area contributed by atoms with E-state index in [0.29, 0.717) is 0 Å². The minimum atomic E-state index is -1.83. The lowest BCUT2D eigenvalue weighted by atomic mass is 9.78. The van der Waals surface area contributed by atoms with Crippen molar-refractivity contribution in [2.75, 3.05) is 13.2 Å². The Hall–Kier alpha value is -5.60. The molecule has 3 aromatic rings. The SMILES string of the molecule is C1CCCCC1.Cc1c(C)c(-c2cccc(C(=O)O)c2C(=O)O)c(-c2cccc(C(=O)O)c2C(=O)O)c(C(=O)O)c1C(=O)O.OCCO. The molecule has 4 rings (SSSR count). The van der Waals surface area contributed by atoms with Crippen LogP contribution in [-0.4, -0.2) is 89.9 Å². The average Bonchev–Trinajstić information content (AvgIpc) is 3.05. The van der Waals surface area contributed by atoms with Gasteiger partial charge in [0.15, 0.2) is 0 Å². The second-order valence-electron chi connectivity index (χ2n) is 10.6. The summed E-state index contributed by atoms with van der Waals surface area (Å²) in [6.45, 7) is 2.33. The third-order valence-electron chi connectivity index (χ3n) is 7.65. The van der Waals surface area contributed by atoms with Crippen molar-refractivity contribution < 1.29 is 69.6 Å². The smallest absolute Gasteiger partial charge is 0.337 e. The lowest BCUT2D eigenvalue weighted by molar-refractivity contribution is 0.0649. The summed E-state index contributed by atoms with van der Waals surface area (Å²) < 4.78 is 0. The second-order valence-corrected chi connectivity index (χ2v) is 10.6. The van der Waals surface area contributed by atoms with E-state index in [2.05, 4.69) is 0 Å². The van der Waals surface area contributed by atoms with E-state index in [1.54, 1.807) is 0 Å². The third kappa shape index (κ3) is 8.60. The zero-order chi connectivity index (χ0) is 36.3. The van der Waals surface area contributed by atoms with Crippen molar-refractivity contribution in [3.05, 3.63) is 80.9 Å². The Balaban J connectivity index is 0.000000688. The van der Waals surface area contributed by atoms with Gasteiger partial charge in [-0.2, -0.15) is 0 Å². The van der Waals surface area contributed by atoms with Crippen molar-refractivity contribution in [3.63, 3.8) is 0 Å². The molecule has 256 valence electrons. The molecule has 0 unspecified atom stereocenters. The van der Waals surface area contributed by atoms with E-state index in [4.69, 9.17) is 10.2 Å². The third-order valence-corrected chi connectivity index (χ3v) is 7.65. The lowest BCUT2D eigenvalue weighted by Gasteiger charge is -2.24. The highest BCUT2D eigenvalue weighted by atomic mass is 16.4. The number of hydrogen-bond donors (Lipinski definition) is 8. The van der Waals surface area contributed by atoms with Gasteiger partial charge in [0.1, 0.15) is 0 Å². The highest BCUT2D eigenvalue weighted by Gasteiger charge is 2.34. The summed E-state index contributed by atoms with van der Waals surface area (Å²) in [6.07, 6.45) is 9.00. The van der Waals surface area contributed by atoms with E-state index in [0.717, 1.165) is 30.3 Å². The molecular weight excluding hydrogens is 632 g/mol. The predicted molar refractivity (Wildman–Crippen MR) is 170 cm³/mol. The van der Waals surface area contributed by atoms with Gasteiger partial charge in [0.2, 0.25) is 0 Å². The maximum atomic E-state index is 12.5. The van der Waals surface area contributed by atoms with Gasteiger partial charge < -0.3 is 40.9 Å². The van der Waals surface area contributed by atoms with Crippen LogP contribution in [0, 0.1) is 13.8 Å². The van der Waals surface area contributed by atoms with Crippen LogP contribution in [0.5, 0.6) is 0 Å². The second kappa shape index (κ2) is 17.4. The highest BCUT2D eigenvalue weighted by Crippen LogP contribution is 2.45. The van der Waals surface area contributed by atoms with Crippen LogP contribution in [0.3, 0.4) is 0 Å². The van der Waals surface area contributed by atoms with Crippen molar-refractivity contribution in [1.29, 1.82) is 0 Å². The molecular formula is C34H36O14. The van der Waals surface area contributed by atoms with E-state index < -0.39 is 80.3 Å². The number of rotatable bonds is 9. The van der Waals surface area contributed by atoms with E-state index in [1.165, 1.54) is 58.4 Å². The number of carboxylic acids is 6. The topological polar surface area (TPSA) is 264 Å². The molecule has 3 aromatic carbocycles. The van der Waals surface area contributed by atoms with Crippen LogP contribution in [0.15, 0.2) is 36.4 Å². The van der Waals surface area contributed by atoms with Gasteiger partial charge in [-0.25, -0.2) is 28.8 Å². The molecule has 0 radical (unpaired) electrons. The molecule has 0 saturated heterocycles. The van der Waals surface area contributed by atoms with Crippen molar-refractivity contribution in [1.82, 2.24) is 0 Å². The monoisotopic (exact) mass is 668 g/mol. The van der Waals surface area contributed by atoms with E-state index in [-0.39, 0.29) is 35.5 Å². The van der Waals surface area contributed by atoms with Gasteiger partial charge in [0.25, 0.3) is 0 Å². The minimum Gasteiger partial charge on any atom is -0.478 e. The Kier molecular flexibility index (Phi) is 13.9. The molecule has 48 heavy (non-hydrogen) atoms. The Morgan fingerprint density at radius 3 is 1.08 bits per heavy atom. The molecule has 0 aliphatic heterocycles. The van der Waals surface area contributed by atoms with Crippen molar-refractivity contribution >= 4 is 35.8 Å². The van der Waals surface area contributed by atoms with Crippen LogP contribution >= 0.6 is 0 Å². The molecule has 0 spiro atoms. The van der Waals surface area contributed by atoms with E-state index in [9.17, 15) is 59.4 Å².